The Morgan fingerprint density at radius 1 is 1.29 bits per heavy atom. The van der Waals surface area contributed by atoms with Gasteiger partial charge >= 0.3 is 0 Å². The summed E-state index contributed by atoms with van der Waals surface area (Å²) in [4.78, 5) is 25.5. The molecular weight excluding hydrogens is 288 g/mol. The van der Waals surface area contributed by atoms with E-state index >= 15 is 0 Å². The molecular formula is C15H20N2O3S. The van der Waals surface area contributed by atoms with Crippen LogP contribution in [0.25, 0.3) is 0 Å². The lowest BCUT2D eigenvalue weighted by molar-refractivity contribution is -0.132. The molecule has 5 nitrogen and oxygen atoms in total. The van der Waals surface area contributed by atoms with Gasteiger partial charge in [0, 0.05) is 18.8 Å². The largest absolute Gasteiger partial charge is 0.378 e. The van der Waals surface area contributed by atoms with Gasteiger partial charge < -0.3 is 15.0 Å². The second-order valence-electron chi connectivity index (χ2n) is 4.90. The molecule has 1 saturated heterocycles. The van der Waals surface area contributed by atoms with E-state index < -0.39 is 0 Å². The Hall–Kier alpha value is -1.53. The van der Waals surface area contributed by atoms with Crippen LogP contribution in [-0.2, 0) is 14.3 Å². The van der Waals surface area contributed by atoms with Gasteiger partial charge in [0.25, 0.3) is 0 Å². The number of carbonyl (C=O) groups excluding carboxylic acids is 2. The van der Waals surface area contributed by atoms with Gasteiger partial charge in [0.1, 0.15) is 0 Å². The average Bonchev–Trinajstić information content (AvgIpc) is 2.48. The molecule has 2 amide bonds. The smallest absolute Gasteiger partial charge is 0.234 e. The second kappa shape index (κ2) is 8.05. The highest BCUT2D eigenvalue weighted by atomic mass is 32.2. The monoisotopic (exact) mass is 308 g/mol. The van der Waals surface area contributed by atoms with Crippen LogP contribution in [0.4, 0.5) is 5.69 Å². The quantitative estimate of drug-likeness (QED) is 0.896. The number of anilines is 1. The van der Waals surface area contributed by atoms with Crippen molar-refractivity contribution in [3.05, 3.63) is 29.8 Å². The van der Waals surface area contributed by atoms with Crippen molar-refractivity contribution in [2.45, 2.75) is 6.92 Å². The average molecular weight is 308 g/mol. The van der Waals surface area contributed by atoms with Crippen LogP contribution in [0.2, 0.25) is 0 Å². The number of nitrogens with zero attached hydrogens (tertiary/aromatic N) is 1. The fourth-order valence-electron chi connectivity index (χ4n) is 2.05. The second-order valence-corrected chi connectivity index (χ2v) is 5.89. The van der Waals surface area contributed by atoms with Gasteiger partial charge in [-0.1, -0.05) is 12.1 Å². The van der Waals surface area contributed by atoms with Gasteiger partial charge in [-0.05, 0) is 24.6 Å². The van der Waals surface area contributed by atoms with Gasteiger partial charge in [-0.3, -0.25) is 9.59 Å². The molecule has 0 aromatic heterocycles. The van der Waals surface area contributed by atoms with Crippen molar-refractivity contribution in [2.24, 2.45) is 0 Å². The molecule has 0 spiro atoms. The first kappa shape index (κ1) is 15.9. The topological polar surface area (TPSA) is 58.6 Å². The molecule has 0 radical (unpaired) electrons. The number of hydrogen-bond acceptors (Lipinski definition) is 4. The molecule has 1 fully saturated rings. The van der Waals surface area contributed by atoms with E-state index in [0.29, 0.717) is 32.1 Å². The maximum Gasteiger partial charge on any atom is 0.234 e. The number of nitrogens with one attached hydrogen (secondary N) is 1. The lowest BCUT2D eigenvalue weighted by atomic mass is 10.2. The molecule has 21 heavy (non-hydrogen) atoms. The third-order valence-corrected chi connectivity index (χ3v) is 4.04. The fourth-order valence-corrected chi connectivity index (χ4v) is 2.77. The van der Waals surface area contributed by atoms with Crippen LogP contribution in [0, 0.1) is 6.92 Å². The molecule has 6 heteroatoms. The molecule has 0 atom stereocenters. The summed E-state index contributed by atoms with van der Waals surface area (Å²) in [5.74, 6) is 0.609. The Morgan fingerprint density at radius 2 is 2.05 bits per heavy atom. The van der Waals surface area contributed by atoms with E-state index in [1.807, 2.05) is 31.2 Å². The van der Waals surface area contributed by atoms with Crippen molar-refractivity contribution in [1.82, 2.24) is 4.90 Å². The first-order valence-corrected chi connectivity index (χ1v) is 8.10. The maximum atomic E-state index is 11.9. The molecule has 1 aromatic carbocycles. The minimum Gasteiger partial charge on any atom is -0.378 e. The van der Waals surface area contributed by atoms with E-state index in [0.717, 1.165) is 11.3 Å². The summed E-state index contributed by atoms with van der Waals surface area (Å²) in [6, 6.07) is 7.65. The predicted octanol–water partition coefficient (Wildman–Crippen LogP) is 1.53. The number of morpholine rings is 1. The number of ether oxygens (including phenoxy) is 1. The summed E-state index contributed by atoms with van der Waals surface area (Å²) >= 11 is 1.34. The predicted molar refractivity (Wildman–Crippen MR) is 84.5 cm³/mol. The minimum atomic E-state index is -0.0830. The van der Waals surface area contributed by atoms with E-state index in [2.05, 4.69) is 5.32 Å². The summed E-state index contributed by atoms with van der Waals surface area (Å²) in [6.07, 6.45) is 0. The van der Waals surface area contributed by atoms with Crippen molar-refractivity contribution in [3.8, 4) is 0 Å². The first-order valence-electron chi connectivity index (χ1n) is 6.95. The molecule has 0 unspecified atom stereocenters. The van der Waals surface area contributed by atoms with Crippen LogP contribution in [0.1, 0.15) is 5.56 Å². The SMILES string of the molecule is Cc1cccc(NC(=O)CSCC(=O)N2CCOCC2)c1. The summed E-state index contributed by atoms with van der Waals surface area (Å²) in [6.45, 7) is 4.48. The van der Waals surface area contributed by atoms with Crippen molar-refractivity contribution in [1.29, 1.82) is 0 Å². The van der Waals surface area contributed by atoms with Crippen molar-refractivity contribution < 1.29 is 14.3 Å². The molecule has 114 valence electrons. The molecule has 1 aromatic rings. The van der Waals surface area contributed by atoms with Crippen LogP contribution in [-0.4, -0.2) is 54.5 Å². The van der Waals surface area contributed by atoms with Gasteiger partial charge in [0.05, 0.1) is 24.7 Å². The molecule has 1 N–H and O–H groups in total. The molecule has 1 heterocycles. The van der Waals surface area contributed by atoms with E-state index in [1.54, 1.807) is 4.90 Å². The Labute approximate surface area is 129 Å². The molecule has 0 bridgehead atoms. The summed E-state index contributed by atoms with van der Waals surface area (Å²) in [5.41, 5.74) is 1.89. The number of benzene rings is 1. The van der Waals surface area contributed by atoms with E-state index in [9.17, 15) is 9.59 Å². The zero-order chi connectivity index (χ0) is 15.1. The number of thioether (sulfide) groups is 1. The number of hydrogen-bond donors (Lipinski definition) is 1. The Balaban J connectivity index is 1.68. The molecule has 0 saturated carbocycles. The summed E-state index contributed by atoms with van der Waals surface area (Å²) in [5, 5.41) is 2.83. The summed E-state index contributed by atoms with van der Waals surface area (Å²) in [7, 11) is 0. The first-order chi connectivity index (χ1) is 10.1. The van der Waals surface area contributed by atoms with E-state index in [4.69, 9.17) is 4.74 Å². The molecule has 1 aliphatic rings. The van der Waals surface area contributed by atoms with Crippen molar-refractivity contribution in [3.63, 3.8) is 0 Å². The Bertz CT molecular complexity index is 501. The third-order valence-electron chi connectivity index (χ3n) is 3.12. The lowest BCUT2D eigenvalue weighted by Crippen LogP contribution is -2.41. The number of amides is 2. The zero-order valence-electron chi connectivity index (χ0n) is 12.1. The van der Waals surface area contributed by atoms with Crippen LogP contribution >= 0.6 is 11.8 Å². The number of carbonyl (C=O) groups is 2. The Morgan fingerprint density at radius 3 is 2.76 bits per heavy atom. The van der Waals surface area contributed by atoms with Crippen LogP contribution < -0.4 is 5.32 Å². The van der Waals surface area contributed by atoms with Crippen molar-refractivity contribution in [2.75, 3.05) is 43.1 Å². The highest BCUT2D eigenvalue weighted by molar-refractivity contribution is 8.00. The zero-order valence-corrected chi connectivity index (χ0v) is 12.9. The van der Waals surface area contributed by atoms with Gasteiger partial charge in [-0.25, -0.2) is 0 Å². The number of rotatable bonds is 5. The molecule has 1 aliphatic heterocycles. The van der Waals surface area contributed by atoms with Gasteiger partial charge in [-0.15, -0.1) is 11.8 Å². The highest BCUT2D eigenvalue weighted by Gasteiger charge is 2.16. The van der Waals surface area contributed by atoms with Crippen LogP contribution in [0.5, 0.6) is 0 Å². The van der Waals surface area contributed by atoms with E-state index in [-0.39, 0.29) is 17.6 Å². The number of aryl methyl sites for hydroxylation is 1. The minimum absolute atomic E-state index is 0.0756. The molecule has 2 rings (SSSR count). The van der Waals surface area contributed by atoms with Gasteiger partial charge in [-0.2, -0.15) is 0 Å². The third kappa shape index (κ3) is 5.40. The van der Waals surface area contributed by atoms with E-state index in [1.165, 1.54) is 11.8 Å². The van der Waals surface area contributed by atoms with Crippen molar-refractivity contribution >= 4 is 29.3 Å². The Kier molecular flexibility index (Phi) is 6.07. The highest BCUT2D eigenvalue weighted by Crippen LogP contribution is 2.11. The molecule has 0 aliphatic carbocycles. The van der Waals surface area contributed by atoms with Gasteiger partial charge in [0.2, 0.25) is 11.8 Å². The standard InChI is InChI=1S/C15H20N2O3S/c1-12-3-2-4-13(9-12)16-14(18)10-21-11-15(19)17-5-7-20-8-6-17/h2-4,9H,5-8,10-11H2,1H3,(H,16,18). The summed E-state index contributed by atoms with van der Waals surface area (Å²) < 4.78 is 5.20. The lowest BCUT2D eigenvalue weighted by Gasteiger charge is -2.26. The normalized spacial score (nSPS) is 14.8. The van der Waals surface area contributed by atoms with Crippen LogP contribution in [0.15, 0.2) is 24.3 Å². The fraction of sp³-hybridized carbons (Fsp3) is 0.467. The maximum absolute atomic E-state index is 11.9. The van der Waals surface area contributed by atoms with Gasteiger partial charge in [0.15, 0.2) is 0 Å². The van der Waals surface area contributed by atoms with Crippen LogP contribution in [0.3, 0.4) is 0 Å².